The number of nitrogens with one attached hydrogen (secondary N) is 1. The van der Waals surface area contributed by atoms with Crippen LogP contribution in [0.2, 0.25) is 0 Å². The maximum absolute atomic E-state index is 12.3. The minimum Gasteiger partial charge on any atom is -0.341 e. The standard InChI is InChI=1S/C15H21N3O3/c1-2-17(11-13-4-3-9-16-13)15(19)10-12-5-7-14(8-6-12)18(20)21/h5-8,13,16H,2-4,9-11H2,1H3. The largest absolute Gasteiger partial charge is 0.341 e. The Hall–Kier alpha value is -1.95. The van der Waals surface area contributed by atoms with E-state index in [1.54, 1.807) is 12.1 Å². The molecule has 1 aliphatic heterocycles. The van der Waals surface area contributed by atoms with Gasteiger partial charge in [0.2, 0.25) is 5.91 Å². The summed E-state index contributed by atoms with van der Waals surface area (Å²) >= 11 is 0. The lowest BCUT2D eigenvalue weighted by molar-refractivity contribution is -0.384. The van der Waals surface area contributed by atoms with Crippen LogP contribution in [0.5, 0.6) is 0 Å². The molecule has 1 atom stereocenters. The molecular formula is C15H21N3O3. The van der Waals surface area contributed by atoms with Crippen LogP contribution in [0.3, 0.4) is 0 Å². The van der Waals surface area contributed by atoms with Crippen molar-refractivity contribution < 1.29 is 9.72 Å². The van der Waals surface area contributed by atoms with Crippen LogP contribution in [0.4, 0.5) is 5.69 Å². The minimum atomic E-state index is -0.435. The van der Waals surface area contributed by atoms with Crippen LogP contribution in [0.1, 0.15) is 25.3 Å². The monoisotopic (exact) mass is 291 g/mol. The van der Waals surface area contributed by atoms with Gasteiger partial charge < -0.3 is 10.2 Å². The first-order valence-electron chi connectivity index (χ1n) is 7.34. The Labute approximate surface area is 124 Å². The number of rotatable bonds is 6. The zero-order chi connectivity index (χ0) is 15.2. The van der Waals surface area contributed by atoms with E-state index in [1.165, 1.54) is 18.6 Å². The van der Waals surface area contributed by atoms with Crippen LogP contribution in [-0.4, -0.2) is 41.4 Å². The summed E-state index contributed by atoms with van der Waals surface area (Å²) in [6, 6.07) is 6.58. The molecule has 0 radical (unpaired) electrons. The molecule has 1 aromatic carbocycles. The first-order valence-corrected chi connectivity index (χ1v) is 7.34. The van der Waals surface area contributed by atoms with Crippen LogP contribution in [0, 0.1) is 10.1 Å². The van der Waals surface area contributed by atoms with Crippen molar-refractivity contribution in [2.24, 2.45) is 0 Å². The zero-order valence-corrected chi connectivity index (χ0v) is 12.2. The van der Waals surface area contributed by atoms with Crippen LogP contribution in [0.15, 0.2) is 24.3 Å². The van der Waals surface area contributed by atoms with E-state index in [2.05, 4.69) is 5.32 Å². The number of amides is 1. The molecule has 1 N–H and O–H groups in total. The van der Waals surface area contributed by atoms with Crippen molar-refractivity contribution in [3.05, 3.63) is 39.9 Å². The summed E-state index contributed by atoms with van der Waals surface area (Å²) in [5, 5.41) is 14.0. The van der Waals surface area contributed by atoms with Crippen molar-refractivity contribution >= 4 is 11.6 Å². The predicted molar refractivity (Wildman–Crippen MR) is 80.1 cm³/mol. The predicted octanol–water partition coefficient (Wildman–Crippen LogP) is 1.74. The summed E-state index contributed by atoms with van der Waals surface area (Å²) in [6.45, 7) is 4.42. The maximum atomic E-state index is 12.3. The lowest BCUT2D eigenvalue weighted by atomic mass is 10.1. The van der Waals surface area contributed by atoms with E-state index in [0.29, 0.717) is 19.0 Å². The van der Waals surface area contributed by atoms with Gasteiger partial charge >= 0.3 is 0 Å². The molecule has 1 aromatic rings. The number of nitrogens with zero attached hydrogens (tertiary/aromatic N) is 2. The summed E-state index contributed by atoms with van der Waals surface area (Å²) in [5.74, 6) is 0.0695. The third-order valence-electron chi connectivity index (χ3n) is 3.84. The molecule has 0 bridgehead atoms. The van der Waals surface area contributed by atoms with E-state index < -0.39 is 4.92 Å². The Morgan fingerprint density at radius 2 is 2.14 bits per heavy atom. The molecule has 1 aliphatic rings. The fraction of sp³-hybridized carbons (Fsp3) is 0.533. The van der Waals surface area contributed by atoms with Gasteiger partial charge in [-0.3, -0.25) is 14.9 Å². The van der Waals surface area contributed by atoms with Gasteiger partial charge in [0.05, 0.1) is 11.3 Å². The highest BCUT2D eigenvalue weighted by Gasteiger charge is 2.20. The van der Waals surface area contributed by atoms with Crippen molar-refractivity contribution in [2.75, 3.05) is 19.6 Å². The highest BCUT2D eigenvalue weighted by Crippen LogP contribution is 2.14. The van der Waals surface area contributed by atoms with Crippen molar-refractivity contribution in [1.82, 2.24) is 10.2 Å². The van der Waals surface area contributed by atoms with Crippen LogP contribution >= 0.6 is 0 Å². The zero-order valence-electron chi connectivity index (χ0n) is 12.2. The Morgan fingerprint density at radius 1 is 1.43 bits per heavy atom. The van der Waals surface area contributed by atoms with Crippen LogP contribution in [0.25, 0.3) is 0 Å². The number of non-ortho nitro benzene ring substituents is 1. The quantitative estimate of drug-likeness (QED) is 0.640. The molecule has 1 unspecified atom stereocenters. The van der Waals surface area contributed by atoms with Gasteiger partial charge in [-0.2, -0.15) is 0 Å². The number of hydrogen-bond acceptors (Lipinski definition) is 4. The molecule has 0 aromatic heterocycles. The fourth-order valence-electron chi connectivity index (χ4n) is 2.61. The molecule has 1 heterocycles. The Balaban J connectivity index is 1.93. The first kappa shape index (κ1) is 15.4. The summed E-state index contributed by atoms with van der Waals surface area (Å²) in [7, 11) is 0. The van der Waals surface area contributed by atoms with Gasteiger partial charge in [0.25, 0.3) is 5.69 Å². The molecule has 2 rings (SSSR count). The molecule has 114 valence electrons. The average Bonchev–Trinajstić information content (AvgIpc) is 2.98. The van der Waals surface area contributed by atoms with Crippen molar-refractivity contribution in [3.63, 3.8) is 0 Å². The number of hydrogen-bond donors (Lipinski definition) is 1. The Bertz CT molecular complexity index is 495. The summed E-state index contributed by atoms with van der Waals surface area (Å²) < 4.78 is 0. The third kappa shape index (κ3) is 4.26. The van der Waals surface area contributed by atoms with E-state index in [9.17, 15) is 14.9 Å². The summed E-state index contributed by atoms with van der Waals surface area (Å²) in [4.78, 5) is 24.3. The van der Waals surface area contributed by atoms with Crippen LogP contribution < -0.4 is 5.32 Å². The number of carbonyl (C=O) groups is 1. The van der Waals surface area contributed by atoms with Crippen molar-refractivity contribution in [3.8, 4) is 0 Å². The maximum Gasteiger partial charge on any atom is 0.269 e. The Morgan fingerprint density at radius 3 is 2.67 bits per heavy atom. The smallest absolute Gasteiger partial charge is 0.269 e. The highest BCUT2D eigenvalue weighted by molar-refractivity contribution is 5.78. The van der Waals surface area contributed by atoms with E-state index in [1.807, 2.05) is 11.8 Å². The number of likely N-dealkylation sites (N-methyl/N-ethyl adjacent to an activating group) is 1. The Kier molecular flexibility index (Phi) is 5.27. The first-order chi connectivity index (χ1) is 10.1. The van der Waals surface area contributed by atoms with E-state index in [4.69, 9.17) is 0 Å². The number of benzene rings is 1. The average molecular weight is 291 g/mol. The lowest BCUT2D eigenvalue weighted by Crippen LogP contribution is -2.41. The van der Waals surface area contributed by atoms with Crippen molar-refractivity contribution in [1.29, 1.82) is 0 Å². The van der Waals surface area contributed by atoms with E-state index in [0.717, 1.165) is 25.1 Å². The van der Waals surface area contributed by atoms with Crippen LogP contribution in [-0.2, 0) is 11.2 Å². The lowest BCUT2D eigenvalue weighted by Gasteiger charge is -2.24. The van der Waals surface area contributed by atoms with Gasteiger partial charge in [0.1, 0.15) is 0 Å². The normalized spacial score (nSPS) is 17.7. The highest BCUT2D eigenvalue weighted by atomic mass is 16.6. The number of nitro benzene ring substituents is 1. The van der Waals surface area contributed by atoms with Gasteiger partial charge in [-0.25, -0.2) is 0 Å². The second-order valence-corrected chi connectivity index (χ2v) is 5.33. The molecular weight excluding hydrogens is 270 g/mol. The number of carbonyl (C=O) groups excluding carboxylic acids is 1. The van der Waals surface area contributed by atoms with Gasteiger partial charge in [-0.1, -0.05) is 12.1 Å². The summed E-state index contributed by atoms with van der Waals surface area (Å²) in [6.07, 6.45) is 2.57. The molecule has 21 heavy (non-hydrogen) atoms. The van der Waals surface area contributed by atoms with Gasteiger partial charge in [-0.15, -0.1) is 0 Å². The number of nitro groups is 1. The molecule has 0 saturated carbocycles. The van der Waals surface area contributed by atoms with Gasteiger partial charge in [-0.05, 0) is 31.9 Å². The molecule has 0 aliphatic carbocycles. The molecule has 0 spiro atoms. The summed E-state index contributed by atoms with van der Waals surface area (Å²) in [5.41, 5.74) is 0.858. The minimum absolute atomic E-state index is 0.0497. The topological polar surface area (TPSA) is 75.5 Å². The second-order valence-electron chi connectivity index (χ2n) is 5.33. The van der Waals surface area contributed by atoms with E-state index >= 15 is 0 Å². The molecule has 1 fully saturated rings. The molecule has 1 saturated heterocycles. The molecule has 6 heteroatoms. The fourth-order valence-corrected chi connectivity index (χ4v) is 2.61. The van der Waals surface area contributed by atoms with Gasteiger partial charge in [0, 0.05) is 31.3 Å². The second kappa shape index (κ2) is 7.17. The molecule has 1 amide bonds. The van der Waals surface area contributed by atoms with Crippen molar-refractivity contribution in [2.45, 2.75) is 32.2 Å². The van der Waals surface area contributed by atoms with Gasteiger partial charge in [0.15, 0.2) is 0 Å². The SMILES string of the molecule is CCN(CC1CCCN1)C(=O)Cc1ccc([N+](=O)[O-])cc1. The van der Waals surface area contributed by atoms with E-state index in [-0.39, 0.29) is 11.6 Å². The molecule has 6 nitrogen and oxygen atoms in total. The third-order valence-corrected chi connectivity index (χ3v) is 3.84.